The van der Waals surface area contributed by atoms with Gasteiger partial charge in [0.1, 0.15) is 0 Å². The van der Waals surface area contributed by atoms with Crippen LogP contribution >= 0.6 is 0 Å². The van der Waals surface area contributed by atoms with E-state index in [4.69, 9.17) is 9.97 Å². The Kier molecular flexibility index (Phi) is 8.46. The second-order valence-corrected chi connectivity index (χ2v) is 15.8. The monoisotopic (exact) mass is 790 g/mol. The number of rotatable bonds is 7. The molecule has 0 N–H and O–H groups in total. The third-order valence-electron chi connectivity index (χ3n) is 12.1. The maximum Gasteiger partial charge on any atom is 0.160 e. The van der Waals surface area contributed by atoms with E-state index in [0.717, 1.165) is 56.0 Å². The summed E-state index contributed by atoms with van der Waals surface area (Å²) in [5.41, 5.74) is 16.3. The van der Waals surface area contributed by atoms with Crippen molar-refractivity contribution in [2.45, 2.75) is 0 Å². The lowest BCUT2D eigenvalue weighted by Crippen LogP contribution is -1.99. The maximum absolute atomic E-state index is 5.19. The molecule has 3 aromatic heterocycles. The van der Waals surface area contributed by atoms with Crippen LogP contribution in [0.3, 0.4) is 0 Å². The van der Waals surface area contributed by atoms with Gasteiger partial charge < -0.3 is 9.13 Å². The van der Waals surface area contributed by atoms with Crippen LogP contribution in [0.5, 0.6) is 0 Å². The van der Waals surface area contributed by atoms with Crippen molar-refractivity contribution in [2.75, 3.05) is 0 Å². The summed E-state index contributed by atoms with van der Waals surface area (Å²) in [6.07, 6.45) is 0. The number of fused-ring (bicyclic) bond motifs is 6. The van der Waals surface area contributed by atoms with Crippen LogP contribution in [-0.4, -0.2) is 19.1 Å². The Morgan fingerprint density at radius 2 is 0.661 bits per heavy atom. The van der Waals surface area contributed by atoms with E-state index in [1.807, 2.05) is 12.1 Å². The molecule has 0 amide bonds. The van der Waals surface area contributed by atoms with Gasteiger partial charge in [-0.15, -0.1) is 0 Å². The van der Waals surface area contributed by atoms with Gasteiger partial charge in [-0.25, -0.2) is 9.97 Å². The summed E-state index contributed by atoms with van der Waals surface area (Å²) in [7, 11) is 0. The Morgan fingerprint density at radius 3 is 1.18 bits per heavy atom. The summed E-state index contributed by atoms with van der Waals surface area (Å²) in [6, 6.07) is 82.3. The Hall–Kier alpha value is -8.34. The van der Waals surface area contributed by atoms with Crippen molar-refractivity contribution in [1.82, 2.24) is 19.1 Å². The SMILES string of the molecule is c1ccc(-c2cc(-c3ccccc3)cc(-n3c4ccccc4c4cc5c6ccccc6n(-c6cccc(-c7nc(-c8ccccc8)cc(-c8ccccc8)n7)c6)c5cc43)c2)cc1. The van der Waals surface area contributed by atoms with Crippen LogP contribution in [0, 0.1) is 0 Å². The van der Waals surface area contributed by atoms with Crippen LogP contribution in [0.4, 0.5) is 0 Å². The molecule has 0 spiro atoms. The molecule has 4 heteroatoms. The topological polar surface area (TPSA) is 35.6 Å². The van der Waals surface area contributed by atoms with Crippen molar-refractivity contribution in [3.05, 3.63) is 231 Å². The molecule has 4 nitrogen and oxygen atoms in total. The first kappa shape index (κ1) is 35.6. The highest BCUT2D eigenvalue weighted by Crippen LogP contribution is 2.41. The van der Waals surface area contributed by atoms with E-state index in [1.54, 1.807) is 0 Å². The Bertz CT molecular complexity index is 3490. The second-order valence-electron chi connectivity index (χ2n) is 15.8. The molecule has 0 fully saturated rings. The largest absolute Gasteiger partial charge is 0.309 e. The molecule has 0 saturated heterocycles. The van der Waals surface area contributed by atoms with Crippen molar-refractivity contribution in [2.24, 2.45) is 0 Å². The van der Waals surface area contributed by atoms with E-state index in [0.29, 0.717) is 5.82 Å². The van der Waals surface area contributed by atoms with Crippen LogP contribution in [0.1, 0.15) is 0 Å². The molecule has 290 valence electrons. The maximum atomic E-state index is 5.19. The van der Waals surface area contributed by atoms with Gasteiger partial charge in [0.25, 0.3) is 0 Å². The fraction of sp³-hybridized carbons (Fsp3) is 0. The first-order valence-corrected chi connectivity index (χ1v) is 21.1. The number of benzene rings is 9. The molecule has 0 unspecified atom stereocenters. The zero-order chi connectivity index (χ0) is 41.0. The molecule has 12 rings (SSSR count). The zero-order valence-electron chi connectivity index (χ0n) is 33.7. The van der Waals surface area contributed by atoms with Crippen LogP contribution < -0.4 is 0 Å². The molecule has 0 aliphatic rings. The fourth-order valence-corrected chi connectivity index (χ4v) is 9.20. The molecular formula is C58H38N4. The highest BCUT2D eigenvalue weighted by Gasteiger charge is 2.20. The van der Waals surface area contributed by atoms with Crippen molar-refractivity contribution in [1.29, 1.82) is 0 Å². The smallest absolute Gasteiger partial charge is 0.160 e. The van der Waals surface area contributed by atoms with E-state index in [1.165, 1.54) is 49.3 Å². The molecule has 0 saturated carbocycles. The minimum atomic E-state index is 0.683. The summed E-state index contributed by atoms with van der Waals surface area (Å²) in [5.74, 6) is 0.683. The Balaban J connectivity index is 1.10. The lowest BCUT2D eigenvalue weighted by Gasteiger charge is -2.15. The van der Waals surface area contributed by atoms with E-state index < -0.39 is 0 Å². The third kappa shape index (κ3) is 6.08. The normalized spacial score (nSPS) is 11.5. The molecular weight excluding hydrogens is 753 g/mol. The molecule has 0 radical (unpaired) electrons. The van der Waals surface area contributed by atoms with Crippen LogP contribution in [-0.2, 0) is 0 Å². The van der Waals surface area contributed by atoms with E-state index in [-0.39, 0.29) is 0 Å². The molecule has 9 aromatic carbocycles. The number of para-hydroxylation sites is 2. The number of aromatic nitrogens is 4. The molecule has 62 heavy (non-hydrogen) atoms. The lowest BCUT2D eigenvalue weighted by atomic mass is 9.98. The lowest BCUT2D eigenvalue weighted by molar-refractivity contribution is 1.15. The van der Waals surface area contributed by atoms with Gasteiger partial charge in [-0.3, -0.25) is 0 Å². The number of hydrogen-bond acceptors (Lipinski definition) is 2. The van der Waals surface area contributed by atoms with Gasteiger partial charge in [-0.1, -0.05) is 170 Å². The quantitative estimate of drug-likeness (QED) is 0.161. The summed E-state index contributed by atoms with van der Waals surface area (Å²) in [4.78, 5) is 10.4. The summed E-state index contributed by atoms with van der Waals surface area (Å²) in [6.45, 7) is 0. The minimum Gasteiger partial charge on any atom is -0.309 e. The molecule has 0 aliphatic carbocycles. The average molecular weight is 791 g/mol. The minimum absolute atomic E-state index is 0.683. The first-order valence-electron chi connectivity index (χ1n) is 21.1. The molecule has 3 heterocycles. The summed E-state index contributed by atoms with van der Waals surface area (Å²) < 4.78 is 4.86. The average Bonchev–Trinajstić information content (AvgIpc) is 3.86. The Labute approximate surface area is 359 Å². The highest BCUT2D eigenvalue weighted by molar-refractivity contribution is 6.19. The summed E-state index contributed by atoms with van der Waals surface area (Å²) >= 11 is 0. The van der Waals surface area contributed by atoms with Gasteiger partial charge in [0, 0.05) is 49.6 Å². The molecule has 0 atom stereocenters. The van der Waals surface area contributed by atoms with E-state index in [9.17, 15) is 0 Å². The number of nitrogens with zero attached hydrogens (tertiary/aromatic N) is 4. The van der Waals surface area contributed by atoms with Gasteiger partial charge in [0.15, 0.2) is 5.82 Å². The van der Waals surface area contributed by atoms with Gasteiger partial charge in [-0.05, 0) is 82.9 Å². The van der Waals surface area contributed by atoms with Crippen molar-refractivity contribution < 1.29 is 0 Å². The summed E-state index contributed by atoms with van der Waals surface area (Å²) in [5, 5.41) is 4.85. The first-order chi connectivity index (χ1) is 30.7. The standard InChI is InChI=1S/C58H38N4/c1-5-18-39(19-6-1)44-32-45(40-20-7-2-8-21-40)35-47(34-44)62-55-31-16-14-29-49(55)51-36-50-48-28-13-15-30-54(48)61(56(50)38-57(51)62)46-27-17-26-43(33-46)58-59-52(41-22-9-3-10-23-41)37-53(60-58)42-24-11-4-12-25-42/h1-38H. The zero-order valence-corrected chi connectivity index (χ0v) is 33.7. The van der Waals surface area contributed by atoms with Crippen molar-refractivity contribution >= 4 is 43.6 Å². The second kappa shape index (κ2) is 14.7. The van der Waals surface area contributed by atoms with Crippen molar-refractivity contribution in [3.8, 4) is 67.5 Å². The predicted molar refractivity (Wildman–Crippen MR) is 258 cm³/mol. The molecule has 0 aliphatic heterocycles. The van der Waals surface area contributed by atoms with Gasteiger partial charge in [0.05, 0.1) is 33.5 Å². The predicted octanol–water partition coefficient (Wildman–Crippen LogP) is 15.0. The number of hydrogen-bond donors (Lipinski definition) is 0. The molecule has 0 bridgehead atoms. The highest BCUT2D eigenvalue weighted by atomic mass is 15.0. The van der Waals surface area contributed by atoms with Crippen molar-refractivity contribution in [3.63, 3.8) is 0 Å². The van der Waals surface area contributed by atoms with Crippen LogP contribution in [0.25, 0.3) is 111 Å². The van der Waals surface area contributed by atoms with Gasteiger partial charge in [-0.2, -0.15) is 0 Å². The van der Waals surface area contributed by atoms with Crippen LogP contribution in [0.15, 0.2) is 231 Å². The van der Waals surface area contributed by atoms with Crippen LogP contribution in [0.2, 0.25) is 0 Å². The fourth-order valence-electron chi connectivity index (χ4n) is 9.20. The Morgan fingerprint density at radius 1 is 0.242 bits per heavy atom. The van der Waals surface area contributed by atoms with E-state index in [2.05, 4.69) is 228 Å². The molecule has 12 aromatic rings. The van der Waals surface area contributed by atoms with Gasteiger partial charge >= 0.3 is 0 Å². The van der Waals surface area contributed by atoms with E-state index >= 15 is 0 Å². The van der Waals surface area contributed by atoms with Gasteiger partial charge in [0.2, 0.25) is 0 Å². The third-order valence-corrected chi connectivity index (χ3v) is 12.1.